The average Bonchev–Trinajstić information content (AvgIpc) is 3.27. The van der Waals surface area contributed by atoms with Crippen LogP contribution in [-0.2, 0) is 5.41 Å². The van der Waals surface area contributed by atoms with Crippen LogP contribution >= 0.6 is 11.3 Å². The van der Waals surface area contributed by atoms with Gasteiger partial charge in [-0.05, 0) is 24.3 Å². The van der Waals surface area contributed by atoms with E-state index in [1.807, 2.05) is 38.3 Å². The zero-order valence-electron chi connectivity index (χ0n) is 17.4. The Kier molecular flexibility index (Phi) is 5.51. The number of likely N-dealkylation sites (tertiary alicyclic amines) is 1. The summed E-state index contributed by atoms with van der Waals surface area (Å²) in [6.07, 6.45) is 4.94. The number of amides is 1. The topological polar surface area (TPSA) is 91.8 Å². The number of nitrogens with one attached hydrogen (secondary N) is 1. The number of hydrogen-bond acceptors (Lipinski definition) is 6. The molecule has 1 fully saturated rings. The van der Waals surface area contributed by atoms with Gasteiger partial charge < -0.3 is 9.88 Å². The Labute approximate surface area is 179 Å². The standard InChI is InChI=1S/C22H25N5O2S/c1-22(2,3)21-23-11-15(12-24-21)20(29)27-8-4-6-14(13-27)19-25-16(10-18(28)26-19)17-7-5-9-30-17/h5,7,9-12,14H,4,6,8,13H2,1-3H3,(H,25,26,28)/t14-/m0/s1. The van der Waals surface area contributed by atoms with Crippen molar-refractivity contribution in [3.8, 4) is 10.6 Å². The first kappa shape index (κ1) is 20.4. The molecular formula is C22H25N5O2S. The molecule has 4 heterocycles. The third kappa shape index (κ3) is 4.33. The van der Waals surface area contributed by atoms with Crippen molar-refractivity contribution < 1.29 is 4.79 Å². The maximum absolute atomic E-state index is 13.0. The van der Waals surface area contributed by atoms with E-state index >= 15 is 0 Å². The highest BCUT2D eigenvalue weighted by atomic mass is 32.1. The van der Waals surface area contributed by atoms with Gasteiger partial charge in [-0.1, -0.05) is 26.8 Å². The lowest BCUT2D eigenvalue weighted by Gasteiger charge is -2.32. The number of aromatic nitrogens is 4. The average molecular weight is 424 g/mol. The predicted molar refractivity (Wildman–Crippen MR) is 117 cm³/mol. The summed E-state index contributed by atoms with van der Waals surface area (Å²) >= 11 is 1.55. The molecule has 3 aromatic rings. The zero-order valence-corrected chi connectivity index (χ0v) is 18.2. The minimum Gasteiger partial charge on any atom is -0.338 e. The van der Waals surface area contributed by atoms with E-state index in [4.69, 9.17) is 4.98 Å². The maximum Gasteiger partial charge on any atom is 0.257 e. The number of thiophene rings is 1. The number of nitrogens with zero attached hydrogens (tertiary/aromatic N) is 4. The highest BCUT2D eigenvalue weighted by molar-refractivity contribution is 7.13. The van der Waals surface area contributed by atoms with Crippen LogP contribution in [0.4, 0.5) is 0 Å². The highest BCUT2D eigenvalue weighted by Crippen LogP contribution is 2.28. The normalized spacial score (nSPS) is 17.2. The first-order chi connectivity index (χ1) is 14.3. The van der Waals surface area contributed by atoms with Crippen molar-refractivity contribution in [3.63, 3.8) is 0 Å². The lowest BCUT2D eigenvalue weighted by atomic mass is 9.95. The first-order valence-electron chi connectivity index (χ1n) is 10.1. The summed E-state index contributed by atoms with van der Waals surface area (Å²) in [6, 6.07) is 5.42. The van der Waals surface area contributed by atoms with E-state index in [1.165, 1.54) is 6.07 Å². The Morgan fingerprint density at radius 2 is 2.03 bits per heavy atom. The van der Waals surface area contributed by atoms with Crippen LogP contribution < -0.4 is 5.56 Å². The van der Waals surface area contributed by atoms with Gasteiger partial charge >= 0.3 is 0 Å². The molecule has 1 saturated heterocycles. The molecule has 3 aromatic heterocycles. The van der Waals surface area contributed by atoms with Gasteiger partial charge in [-0.15, -0.1) is 11.3 Å². The van der Waals surface area contributed by atoms with E-state index in [0.29, 0.717) is 36.0 Å². The van der Waals surface area contributed by atoms with Gasteiger partial charge in [0.15, 0.2) is 0 Å². The molecule has 1 N–H and O–H groups in total. The molecule has 1 aliphatic rings. The van der Waals surface area contributed by atoms with Crippen molar-refractivity contribution in [2.45, 2.75) is 44.9 Å². The van der Waals surface area contributed by atoms with Gasteiger partial charge in [0.1, 0.15) is 11.6 Å². The van der Waals surface area contributed by atoms with Gasteiger partial charge in [0, 0.05) is 42.9 Å². The van der Waals surface area contributed by atoms with Crippen molar-refractivity contribution in [1.29, 1.82) is 0 Å². The van der Waals surface area contributed by atoms with E-state index in [1.54, 1.807) is 28.6 Å². The van der Waals surface area contributed by atoms with Gasteiger partial charge in [-0.2, -0.15) is 0 Å². The number of aromatic amines is 1. The number of rotatable bonds is 3. The molecular weight excluding hydrogens is 398 g/mol. The first-order valence-corrected chi connectivity index (χ1v) is 11.0. The van der Waals surface area contributed by atoms with Gasteiger partial charge in [-0.25, -0.2) is 15.0 Å². The van der Waals surface area contributed by atoms with Crippen LogP contribution in [-0.4, -0.2) is 43.8 Å². The SMILES string of the molecule is CC(C)(C)c1ncc(C(=O)N2CCC[C@H](c3nc(-c4cccs4)cc(=O)[nH]3)C2)cn1. The molecule has 0 saturated carbocycles. The second kappa shape index (κ2) is 8.10. The number of piperidine rings is 1. The van der Waals surface area contributed by atoms with Crippen LogP contribution in [0.25, 0.3) is 10.6 Å². The summed E-state index contributed by atoms with van der Waals surface area (Å²) in [5, 5.41) is 1.96. The molecule has 30 heavy (non-hydrogen) atoms. The molecule has 0 radical (unpaired) electrons. The van der Waals surface area contributed by atoms with Gasteiger partial charge in [-0.3, -0.25) is 9.59 Å². The van der Waals surface area contributed by atoms with Gasteiger partial charge in [0.25, 0.3) is 11.5 Å². The van der Waals surface area contributed by atoms with Crippen LogP contribution in [0.2, 0.25) is 0 Å². The van der Waals surface area contributed by atoms with Crippen LogP contribution in [0.1, 0.15) is 61.5 Å². The third-order valence-corrected chi connectivity index (χ3v) is 6.09. The van der Waals surface area contributed by atoms with E-state index in [9.17, 15) is 9.59 Å². The van der Waals surface area contributed by atoms with E-state index in [-0.39, 0.29) is 22.8 Å². The van der Waals surface area contributed by atoms with Crippen LogP contribution in [0.3, 0.4) is 0 Å². The van der Waals surface area contributed by atoms with Gasteiger partial charge in [0.2, 0.25) is 0 Å². The Morgan fingerprint density at radius 1 is 1.27 bits per heavy atom. The fourth-order valence-electron chi connectivity index (χ4n) is 3.61. The number of H-pyrrole nitrogens is 1. The summed E-state index contributed by atoms with van der Waals surface area (Å²) in [5.74, 6) is 1.26. The molecule has 0 aliphatic carbocycles. The van der Waals surface area contributed by atoms with E-state index in [2.05, 4.69) is 15.0 Å². The highest BCUT2D eigenvalue weighted by Gasteiger charge is 2.28. The molecule has 156 valence electrons. The molecule has 0 unspecified atom stereocenters. The Bertz CT molecular complexity index is 1080. The molecule has 0 spiro atoms. The lowest BCUT2D eigenvalue weighted by molar-refractivity contribution is 0.0703. The summed E-state index contributed by atoms with van der Waals surface area (Å²) in [6.45, 7) is 7.30. The maximum atomic E-state index is 13.0. The lowest BCUT2D eigenvalue weighted by Crippen LogP contribution is -2.40. The molecule has 1 atom stereocenters. The monoisotopic (exact) mass is 423 g/mol. The summed E-state index contributed by atoms with van der Waals surface area (Å²) < 4.78 is 0. The van der Waals surface area contributed by atoms with Crippen molar-refractivity contribution in [2.75, 3.05) is 13.1 Å². The van der Waals surface area contributed by atoms with Crippen LogP contribution in [0.15, 0.2) is 40.8 Å². The molecule has 1 amide bonds. The number of carbonyl (C=O) groups is 1. The largest absolute Gasteiger partial charge is 0.338 e. The van der Waals surface area contributed by atoms with E-state index < -0.39 is 0 Å². The third-order valence-electron chi connectivity index (χ3n) is 5.20. The second-order valence-corrected chi connectivity index (χ2v) is 9.58. The molecule has 4 rings (SSSR count). The molecule has 0 aromatic carbocycles. The van der Waals surface area contributed by atoms with Gasteiger partial charge in [0.05, 0.1) is 16.1 Å². The summed E-state index contributed by atoms with van der Waals surface area (Å²) in [4.78, 5) is 44.3. The molecule has 7 nitrogen and oxygen atoms in total. The second-order valence-electron chi connectivity index (χ2n) is 8.63. The van der Waals surface area contributed by atoms with Crippen molar-refractivity contribution in [1.82, 2.24) is 24.8 Å². The predicted octanol–water partition coefficient (Wildman–Crippen LogP) is 3.61. The van der Waals surface area contributed by atoms with Crippen LogP contribution in [0.5, 0.6) is 0 Å². The van der Waals surface area contributed by atoms with Crippen molar-refractivity contribution in [3.05, 3.63) is 63.5 Å². The van der Waals surface area contributed by atoms with Crippen LogP contribution in [0, 0.1) is 0 Å². The fourth-order valence-corrected chi connectivity index (χ4v) is 4.30. The number of hydrogen-bond donors (Lipinski definition) is 1. The smallest absolute Gasteiger partial charge is 0.257 e. The number of carbonyl (C=O) groups excluding carboxylic acids is 1. The van der Waals surface area contributed by atoms with Crippen molar-refractivity contribution in [2.24, 2.45) is 0 Å². The minimum atomic E-state index is -0.169. The summed E-state index contributed by atoms with van der Waals surface area (Å²) in [7, 11) is 0. The van der Waals surface area contributed by atoms with Crippen molar-refractivity contribution >= 4 is 17.2 Å². The summed E-state index contributed by atoms with van der Waals surface area (Å²) in [5.41, 5.74) is 0.831. The zero-order chi connectivity index (χ0) is 21.3. The molecule has 1 aliphatic heterocycles. The minimum absolute atomic E-state index is 0.00919. The Morgan fingerprint density at radius 3 is 2.70 bits per heavy atom. The molecule has 8 heteroatoms. The quantitative estimate of drug-likeness (QED) is 0.695. The van der Waals surface area contributed by atoms with E-state index in [0.717, 1.165) is 17.7 Å². The Hall–Kier alpha value is -2.87. The fraction of sp³-hybridized carbons (Fsp3) is 0.409. The molecule has 0 bridgehead atoms. The Balaban J connectivity index is 1.54.